The second-order valence-electron chi connectivity index (χ2n) is 9.54. The first-order valence-electron chi connectivity index (χ1n) is 11.8. The summed E-state index contributed by atoms with van der Waals surface area (Å²) in [5, 5.41) is 1.79. The van der Waals surface area contributed by atoms with E-state index >= 15 is 0 Å². The molecule has 2 saturated heterocycles. The Hall–Kier alpha value is -2.97. The molecule has 0 saturated carbocycles. The van der Waals surface area contributed by atoms with Crippen molar-refractivity contribution >= 4 is 16.7 Å². The summed E-state index contributed by atoms with van der Waals surface area (Å²) in [7, 11) is 0. The number of alkyl halides is 3. The van der Waals surface area contributed by atoms with Crippen molar-refractivity contribution in [1.29, 1.82) is 0 Å². The smallest absolute Gasteiger partial charge is 0.389 e. The van der Waals surface area contributed by atoms with Gasteiger partial charge in [-0.2, -0.15) is 13.2 Å². The number of oxazole rings is 1. The Kier molecular flexibility index (Phi) is 6.04. The molecule has 5 rings (SSSR count). The Labute approximate surface area is 195 Å². The lowest BCUT2D eigenvalue weighted by atomic mass is 9.86. The summed E-state index contributed by atoms with van der Waals surface area (Å²) in [5.41, 5.74) is 1.36. The van der Waals surface area contributed by atoms with Crippen molar-refractivity contribution in [1.82, 2.24) is 19.9 Å². The third kappa shape index (κ3) is 4.93. The summed E-state index contributed by atoms with van der Waals surface area (Å²) in [6.45, 7) is 1.77. The Balaban J connectivity index is 1.25. The van der Waals surface area contributed by atoms with Crippen LogP contribution in [0.25, 0.3) is 22.2 Å². The number of fused-ring (bicyclic) bond motifs is 3. The number of pyridine rings is 2. The molecule has 2 aliphatic rings. The molecular formula is C25H27F3N4O2. The summed E-state index contributed by atoms with van der Waals surface area (Å²) in [5.74, 6) is 1.47. The SMILES string of the molecule is Cc1ncc(-c2cc3cc(CC(=O)N4[C@@H]5CC[C@H]4CC(CCCC(F)(F)F)C5)ncc3cn2)o1. The zero-order chi connectivity index (χ0) is 23.9. The van der Waals surface area contributed by atoms with Crippen LogP contribution in [0.2, 0.25) is 0 Å². The minimum Gasteiger partial charge on any atom is -0.439 e. The van der Waals surface area contributed by atoms with E-state index in [9.17, 15) is 18.0 Å². The minimum atomic E-state index is -4.09. The topological polar surface area (TPSA) is 72.1 Å². The fourth-order valence-electron chi connectivity index (χ4n) is 5.56. The van der Waals surface area contributed by atoms with Crippen LogP contribution >= 0.6 is 0 Å². The molecular weight excluding hydrogens is 445 g/mol. The molecule has 0 aromatic carbocycles. The molecule has 2 bridgehead atoms. The Morgan fingerprint density at radius 2 is 1.79 bits per heavy atom. The van der Waals surface area contributed by atoms with E-state index in [4.69, 9.17) is 4.42 Å². The Morgan fingerprint density at radius 3 is 2.47 bits per heavy atom. The first kappa shape index (κ1) is 22.8. The number of aromatic nitrogens is 3. The van der Waals surface area contributed by atoms with Gasteiger partial charge in [-0.25, -0.2) is 4.98 Å². The predicted molar refractivity (Wildman–Crippen MR) is 120 cm³/mol. The van der Waals surface area contributed by atoms with Gasteiger partial charge in [0.15, 0.2) is 11.7 Å². The highest BCUT2D eigenvalue weighted by atomic mass is 19.4. The standard InChI is InChI=1S/C25H27F3N4O2/c1-15-29-14-23(34-15)22-10-17-9-19(30-12-18(17)13-31-22)11-24(33)32-20-4-5-21(32)8-16(7-20)3-2-6-25(26,27)28/h9-10,12-14,16,20-21H,2-8,11H2,1H3/t16?,20-,21+. The van der Waals surface area contributed by atoms with Crippen LogP contribution < -0.4 is 0 Å². The largest absolute Gasteiger partial charge is 0.439 e. The number of hydrogen-bond donors (Lipinski definition) is 0. The lowest BCUT2D eigenvalue weighted by Gasteiger charge is -2.39. The normalized spacial score (nSPS) is 22.5. The first-order chi connectivity index (χ1) is 16.2. The first-order valence-corrected chi connectivity index (χ1v) is 11.8. The summed E-state index contributed by atoms with van der Waals surface area (Å²) in [6.07, 6.45) is 4.72. The number of rotatable bonds is 6. The van der Waals surface area contributed by atoms with Gasteiger partial charge in [-0.05, 0) is 62.0 Å². The van der Waals surface area contributed by atoms with E-state index < -0.39 is 12.6 Å². The van der Waals surface area contributed by atoms with Crippen molar-refractivity contribution in [3.05, 3.63) is 42.3 Å². The van der Waals surface area contributed by atoms with Crippen LogP contribution in [-0.2, 0) is 11.2 Å². The van der Waals surface area contributed by atoms with E-state index in [1.165, 1.54) is 0 Å². The van der Waals surface area contributed by atoms with Crippen molar-refractivity contribution < 1.29 is 22.4 Å². The van der Waals surface area contributed by atoms with Crippen molar-refractivity contribution in [2.24, 2.45) is 5.92 Å². The lowest BCUT2D eigenvalue weighted by molar-refractivity contribution is -0.137. The van der Waals surface area contributed by atoms with Gasteiger partial charge in [0.25, 0.3) is 0 Å². The summed E-state index contributed by atoms with van der Waals surface area (Å²) >= 11 is 0. The average molecular weight is 473 g/mol. The number of aryl methyl sites for hydroxylation is 1. The van der Waals surface area contributed by atoms with Gasteiger partial charge in [0.05, 0.1) is 18.3 Å². The molecule has 1 amide bonds. The van der Waals surface area contributed by atoms with Crippen LogP contribution in [0, 0.1) is 12.8 Å². The summed E-state index contributed by atoms with van der Waals surface area (Å²) < 4.78 is 43.0. The molecule has 3 aromatic rings. The van der Waals surface area contributed by atoms with Gasteiger partial charge < -0.3 is 9.32 Å². The van der Waals surface area contributed by atoms with Crippen LogP contribution in [0.15, 0.2) is 35.1 Å². The molecule has 180 valence electrons. The van der Waals surface area contributed by atoms with Crippen LogP contribution in [0.1, 0.15) is 56.5 Å². The van der Waals surface area contributed by atoms with E-state index in [2.05, 4.69) is 15.0 Å². The number of nitrogens with zero attached hydrogens (tertiary/aromatic N) is 4. The van der Waals surface area contributed by atoms with Crippen LogP contribution in [0.4, 0.5) is 13.2 Å². The molecule has 9 heteroatoms. The molecule has 34 heavy (non-hydrogen) atoms. The van der Waals surface area contributed by atoms with Gasteiger partial charge in [0.2, 0.25) is 5.91 Å². The van der Waals surface area contributed by atoms with E-state index in [1.54, 1.807) is 25.5 Å². The number of carbonyl (C=O) groups is 1. The molecule has 3 aromatic heterocycles. The van der Waals surface area contributed by atoms with Crippen molar-refractivity contribution in [3.63, 3.8) is 0 Å². The minimum absolute atomic E-state index is 0.0493. The Bertz CT molecular complexity index is 1180. The summed E-state index contributed by atoms with van der Waals surface area (Å²) in [6, 6.07) is 4.08. The van der Waals surface area contributed by atoms with Crippen molar-refractivity contribution in [2.45, 2.75) is 76.6 Å². The van der Waals surface area contributed by atoms with E-state index in [0.29, 0.717) is 29.5 Å². The number of carbonyl (C=O) groups excluding carboxylic acids is 1. The highest BCUT2D eigenvalue weighted by Crippen LogP contribution is 2.41. The lowest BCUT2D eigenvalue weighted by Crippen LogP contribution is -2.47. The molecule has 0 aliphatic carbocycles. The van der Waals surface area contributed by atoms with Crippen LogP contribution in [0.5, 0.6) is 0 Å². The molecule has 0 N–H and O–H groups in total. The monoisotopic (exact) mass is 472 g/mol. The predicted octanol–water partition coefficient (Wildman–Crippen LogP) is 5.64. The van der Waals surface area contributed by atoms with Gasteiger partial charge >= 0.3 is 6.18 Å². The van der Waals surface area contributed by atoms with Gasteiger partial charge in [0.1, 0.15) is 5.69 Å². The Morgan fingerprint density at radius 1 is 1.06 bits per heavy atom. The molecule has 6 nitrogen and oxygen atoms in total. The van der Waals surface area contributed by atoms with Gasteiger partial charge in [-0.3, -0.25) is 14.8 Å². The third-order valence-electron chi connectivity index (χ3n) is 7.06. The fraction of sp³-hybridized carbons (Fsp3) is 0.520. The maximum atomic E-state index is 13.2. The van der Waals surface area contributed by atoms with Gasteiger partial charge in [0, 0.05) is 43.2 Å². The number of amides is 1. The molecule has 2 aliphatic heterocycles. The highest BCUT2D eigenvalue weighted by molar-refractivity contribution is 5.86. The third-order valence-corrected chi connectivity index (χ3v) is 7.06. The average Bonchev–Trinajstić information content (AvgIpc) is 3.33. The summed E-state index contributed by atoms with van der Waals surface area (Å²) in [4.78, 5) is 28.2. The number of piperidine rings is 1. The highest BCUT2D eigenvalue weighted by Gasteiger charge is 2.43. The van der Waals surface area contributed by atoms with E-state index in [1.807, 2.05) is 17.0 Å². The number of halogens is 3. The molecule has 3 atom stereocenters. The number of hydrogen-bond acceptors (Lipinski definition) is 5. The second-order valence-corrected chi connectivity index (χ2v) is 9.54. The van der Waals surface area contributed by atoms with Gasteiger partial charge in [-0.15, -0.1) is 0 Å². The molecule has 2 fully saturated rings. The maximum absolute atomic E-state index is 13.2. The van der Waals surface area contributed by atoms with Crippen molar-refractivity contribution in [3.8, 4) is 11.5 Å². The zero-order valence-electron chi connectivity index (χ0n) is 19.0. The van der Waals surface area contributed by atoms with Gasteiger partial charge in [-0.1, -0.05) is 0 Å². The second kappa shape index (κ2) is 9.00. The van der Waals surface area contributed by atoms with E-state index in [0.717, 1.165) is 36.5 Å². The quantitative estimate of drug-likeness (QED) is 0.464. The van der Waals surface area contributed by atoms with Crippen LogP contribution in [-0.4, -0.2) is 44.0 Å². The van der Waals surface area contributed by atoms with E-state index in [-0.39, 0.29) is 36.8 Å². The molecule has 0 radical (unpaired) electrons. The molecule has 0 spiro atoms. The zero-order valence-corrected chi connectivity index (χ0v) is 19.0. The molecule has 5 heterocycles. The van der Waals surface area contributed by atoms with Crippen LogP contribution in [0.3, 0.4) is 0 Å². The van der Waals surface area contributed by atoms with Crippen molar-refractivity contribution in [2.75, 3.05) is 0 Å². The fourth-order valence-corrected chi connectivity index (χ4v) is 5.56. The molecule has 1 unspecified atom stereocenters. The maximum Gasteiger partial charge on any atom is 0.389 e.